The van der Waals surface area contributed by atoms with Crippen LogP contribution in [0.1, 0.15) is 28.9 Å². The van der Waals surface area contributed by atoms with Gasteiger partial charge in [0, 0.05) is 55.8 Å². The molecular formula is C26H29N3O3S. The fourth-order valence-electron chi connectivity index (χ4n) is 4.30. The van der Waals surface area contributed by atoms with Crippen LogP contribution in [0.4, 0.5) is 0 Å². The second kappa shape index (κ2) is 10.5. The first-order chi connectivity index (χ1) is 16.2. The summed E-state index contributed by atoms with van der Waals surface area (Å²) < 4.78 is 11.5. The number of aromatic nitrogens is 1. The van der Waals surface area contributed by atoms with E-state index in [1.165, 1.54) is 0 Å². The van der Waals surface area contributed by atoms with E-state index >= 15 is 0 Å². The van der Waals surface area contributed by atoms with Crippen molar-refractivity contribution >= 4 is 17.2 Å². The molecule has 2 saturated heterocycles. The Morgan fingerprint density at radius 2 is 1.94 bits per heavy atom. The average Bonchev–Trinajstić information content (AvgIpc) is 3.56. The number of amides is 1. The van der Waals surface area contributed by atoms with Gasteiger partial charge in [0.15, 0.2) is 0 Å². The van der Waals surface area contributed by atoms with Crippen molar-refractivity contribution in [1.82, 2.24) is 14.8 Å². The van der Waals surface area contributed by atoms with Crippen molar-refractivity contribution in [2.24, 2.45) is 0 Å². The van der Waals surface area contributed by atoms with Gasteiger partial charge in [0.05, 0.1) is 11.8 Å². The highest BCUT2D eigenvalue weighted by Gasteiger charge is 2.23. The zero-order chi connectivity index (χ0) is 22.5. The van der Waals surface area contributed by atoms with Crippen molar-refractivity contribution < 1.29 is 14.3 Å². The lowest BCUT2D eigenvalue weighted by Crippen LogP contribution is -2.48. The molecule has 0 N–H and O–H groups in total. The fraction of sp³-hybridized carbons (Fsp3) is 0.385. The van der Waals surface area contributed by atoms with Gasteiger partial charge in [-0.2, -0.15) is 0 Å². The van der Waals surface area contributed by atoms with Crippen molar-refractivity contribution in [1.29, 1.82) is 0 Å². The molecule has 0 saturated carbocycles. The van der Waals surface area contributed by atoms with Crippen molar-refractivity contribution in [3.05, 3.63) is 71.2 Å². The van der Waals surface area contributed by atoms with Crippen molar-refractivity contribution in [3.63, 3.8) is 0 Å². The second-order valence-corrected chi connectivity index (χ2v) is 9.41. The van der Waals surface area contributed by atoms with Crippen LogP contribution in [-0.4, -0.2) is 66.2 Å². The Labute approximate surface area is 198 Å². The summed E-state index contributed by atoms with van der Waals surface area (Å²) in [5.74, 6) is 0.796. The summed E-state index contributed by atoms with van der Waals surface area (Å²) in [4.78, 5) is 22.2. The molecule has 0 bridgehead atoms. The molecule has 1 aromatic heterocycles. The normalized spacial score (nSPS) is 19.0. The Kier molecular flexibility index (Phi) is 7.00. The minimum Gasteiger partial charge on any atom is -0.491 e. The van der Waals surface area contributed by atoms with E-state index in [1.807, 2.05) is 47.4 Å². The van der Waals surface area contributed by atoms with Crippen LogP contribution in [0.3, 0.4) is 0 Å². The number of thiazole rings is 1. The van der Waals surface area contributed by atoms with Gasteiger partial charge >= 0.3 is 0 Å². The lowest BCUT2D eigenvalue weighted by molar-refractivity contribution is 0.0624. The van der Waals surface area contributed by atoms with Crippen LogP contribution in [0, 0.1) is 0 Å². The van der Waals surface area contributed by atoms with Crippen LogP contribution < -0.4 is 4.74 Å². The van der Waals surface area contributed by atoms with Gasteiger partial charge in [-0.3, -0.25) is 9.69 Å². The summed E-state index contributed by atoms with van der Waals surface area (Å²) in [5.41, 5.74) is 2.93. The first-order valence-corrected chi connectivity index (χ1v) is 12.5. The third-order valence-corrected chi connectivity index (χ3v) is 7.10. The molecule has 2 fully saturated rings. The van der Waals surface area contributed by atoms with Crippen LogP contribution in [0.25, 0.3) is 10.6 Å². The summed E-state index contributed by atoms with van der Waals surface area (Å²) in [6, 6.07) is 17.8. The highest BCUT2D eigenvalue weighted by atomic mass is 32.1. The Morgan fingerprint density at radius 1 is 1.09 bits per heavy atom. The van der Waals surface area contributed by atoms with E-state index in [-0.39, 0.29) is 12.0 Å². The first kappa shape index (κ1) is 22.1. The number of carbonyl (C=O) groups excluding carboxylic acids is 1. The van der Waals surface area contributed by atoms with Crippen LogP contribution >= 0.6 is 11.3 Å². The minimum absolute atomic E-state index is 0.0669. The Balaban J connectivity index is 1.12. The molecule has 0 spiro atoms. The van der Waals surface area contributed by atoms with E-state index in [9.17, 15) is 4.79 Å². The van der Waals surface area contributed by atoms with Crippen molar-refractivity contribution in [2.75, 3.05) is 39.4 Å². The van der Waals surface area contributed by atoms with E-state index in [4.69, 9.17) is 14.5 Å². The van der Waals surface area contributed by atoms with Crippen LogP contribution in [0.2, 0.25) is 0 Å². The molecule has 3 heterocycles. The van der Waals surface area contributed by atoms with Gasteiger partial charge in [0.2, 0.25) is 0 Å². The summed E-state index contributed by atoms with van der Waals surface area (Å²) in [5, 5.41) is 3.20. The summed E-state index contributed by atoms with van der Waals surface area (Å²) in [7, 11) is 0. The van der Waals surface area contributed by atoms with Gasteiger partial charge in [-0.05, 0) is 31.0 Å². The minimum atomic E-state index is 0.0669. The molecule has 0 radical (unpaired) electrons. The first-order valence-electron chi connectivity index (χ1n) is 11.6. The van der Waals surface area contributed by atoms with Gasteiger partial charge < -0.3 is 14.4 Å². The highest BCUT2D eigenvalue weighted by Crippen LogP contribution is 2.24. The van der Waals surface area contributed by atoms with Gasteiger partial charge in [-0.15, -0.1) is 11.3 Å². The molecule has 172 valence electrons. The van der Waals surface area contributed by atoms with Gasteiger partial charge in [0.25, 0.3) is 5.91 Å². The predicted octanol–water partition coefficient (Wildman–Crippen LogP) is 4.33. The quantitative estimate of drug-likeness (QED) is 0.522. The molecule has 6 nitrogen and oxygen atoms in total. The smallest absolute Gasteiger partial charge is 0.254 e. The molecule has 33 heavy (non-hydrogen) atoms. The fourth-order valence-corrected chi connectivity index (χ4v) is 5.11. The topological polar surface area (TPSA) is 54.9 Å². The Morgan fingerprint density at radius 3 is 2.73 bits per heavy atom. The molecule has 0 aliphatic carbocycles. The maximum absolute atomic E-state index is 13.1. The number of benzene rings is 2. The molecule has 1 unspecified atom stereocenters. The van der Waals surface area contributed by atoms with Crippen LogP contribution in [0.15, 0.2) is 60.0 Å². The largest absolute Gasteiger partial charge is 0.491 e. The van der Waals surface area contributed by atoms with Crippen LogP contribution in [-0.2, 0) is 11.3 Å². The molecule has 2 aliphatic heterocycles. The molecule has 1 amide bonds. The van der Waals surface area contributed by atoms with E-state index in [0.29, 0.717) is 12.2 Å². The molecular weight excluding hydrogens is 434 g/mol. The number of piperazine rings is 1. The monoisotopic (exact) mass is 463 g/mol. The lowest BCUT2D eigenvalue weighted by atomic mass is 10.1. The maximum atomic E-state index is 13.1. The Hall–Kier alpha value is -2.74. The van der Waals surface area contributed by atoms with Crippen LogP contribution in [0.5, 0.6) is 5.75 Å². The number of nitrogens with zero attached hydrogens (tertiary/aromatic N) is 3. The SMILES string of the molecule is O=C(c1cccc(OCC2CCCO2)c1)N1CCN(Cc2csc(-c3ccccc3)n2)CC1. The van der Waals surface area contributed by atoms with E-state index < -0.39 is 0 Å². The molecule has 7 heteroatoms. The second-order valence-electron chi connectivity index (χ2n) is 8.55. The van der Waals surface area contributed by atoms with E-state index in [0.717, 1.165) is 74.2 Å². The number of hydrogen-bond donors (Lipinski definition) is 0. The maximum Gasteiger partial charge on any atom is 0.254 e. The number of rotatable bonds is 7. The van der Waals surface area contributed by atoms with Crippen molar-refractivity contribution in [3.8, 4) is 16.3 Å². The average molecular weight is 464 g/mol. The zero-order valence-corrected chi connectivity index (χ0v) is 19.5. The summed E-state index contributed by atoms with van der Waals surface area (Å²) >= 11 is 1.69. The predicted molar refractivity (Wildman–Crippen MR) is 130 cm³/mol. The van der Waals surface area contributed by atoms with Gasteiger partial charge in [-0.1, -0.05) is 36.4 Å². The third-order valence-electron chi connectivity index (χ3n) is 6.16. The molecule has 5 rings (SSSR count). The van der Waals surface area contributed by atoms with Crippen molar-refractivity contribution in [2.45, 2.75) is 25.5 Å². The third kappa shape index (κ3) is 5.61. The van der Waals surface area contributed by atoms with Gasteiger partial charge in [0.1, 0.15) is 17.4 Å². The number of carbonyl (C=O) groups is 1. The summed E-state index contributed by atoms with van der Waals surface area (Å²) in [6.45, 7) is 5.30. The molecule has 3 aromatic rings. The molecule has 2 aliphatic rings. The van der Waals surface area contributed by atoms with E-state index in [1.54, 1.807) is 11.3 Å². The Bertz CT molecular complexity index is 1060. The highest BCUT2D eigenvalue weighted by molar-refractivity contribution is 7.13. The number of ether oxygens (including phenoxy) is 2. The lowest BCUT2D eigenvalue weighted by Gasteiger charge is -2.34. The standard InChI is InChI=1S/C26H29N3O3S/c30-26(21-8-4-9-23(16-21)32-18-24-10-5-15-31-24)29-13-11-28(12-14-29)17-22-19-33-25(27-22)20-6-2-1-3-7-20/h1-4,6-9,16,19,24H,5,10-15,17-18H2. The number of hydrogen-bond acceptors (Lipinski definition) is 6. The van der Waals surface area contributed by atoms with Gasteiger partial charge in [-0.25, -0.2) is 4.98 Å². The zero-order valence-electron chi connectivity index (χ0n) is 18.7. The molecule has 1 atom stereocenters. The summed E-state index contributed by atoms with van der Waals surface area (Å²) in [6.07, 6.45) is 2.30. The van der Waals surface area contributed by atoms with E-state index in [2.05, 4.69) is 22.4 Å². The molecule has 2 aromatic carbocycles.